The summed E-state index contributed by atoms with van der Waals surface area (Å²) >= 11 is 0. The highest BCUT2D eigenvalue weighted by Crippen LogP contribution is 2.46. The van der Waals surface area contributed by atoms with Gasteiger partial charge in [0.15, 0.2) is 5.56 Å². The van der Waals surface area contributed by atoms with Crippen LogP contribution in [0, 0.1) is 11.8 Å². The van der Waals surface area contributed by atoms with Gasteiger partial charge >= 0.3 is 5.97 Å². The molecular weight excluding hydrogens is 346 g/mol. The Morgan fingerprint density at radius 2 is 1.89 bits per heavy atom. The van der Waals surface area contributed by atoms with Gasteiger partial charge in [0.2, 0.25) is 0 Å². The fourth-order valence-corrected chi connectivity index (χ4v) is 4.42. The number of carbonyl (C=O) groups is 1. The van der Waals surface area contributed by atoms with Crippen LogP contribution in [0.3, 0.4) is 0 Å². The molecule has 1 aromatic carbocycles. The monoisotopic (exact) mass is 369 g/mol. The average molecular weight is 369 g/mol. The number of fused-ring (bicyclic) bond motifs is 1. The summed E-state index contributed by atoms with van der Waals surface area (Å²) in [6, 6.07) is 8.47. The van der Waals surface area contributed by atoms with Gasteiger partial charge in [0, 0.05) is 30.4 Å². The van der Waals surface area contributed by atoms with Crippen molar-refractivity contribution in [1.29, 1.82) is 0 Å². The number of nitrogens with one attached hydrogen (secondary N) is 2. The highest BCUT2D eigenvalue weighted by atomic mass is 16.4. The van der Waals surface area contributed by atoms with Crippen molar-refractivity contribution in [2.75, 3.05) is 25.0 Å². The van der Waals surface area contributed by atoms with E-state index < -0.39 is 22.8 Å². The molecule has 1 saturated heterocycles. The van der Waals surface area contributed by atoms with Crippen molar-refractivity contribution < 1.29 is 15.0 Å². The fourth-order valence-electron chi connectivity index (χ4n) is 4.42. The molecule has 0 amide bonds. The van der Waals surface area contributed by atoms with Crippen LogP contribution in [0.2, 0.25) is 0 Å². The lowest BCUT2D eigenvalue weighted by molar-refractivity contribution is 0.0691. The van der Waals surface area contributed by atoms with Crippen molar-refractivity contribution in [1.82, 2.24) is 10.3 Å². The number of aromatic nitrogens is 1. The molecular formula is C20H23N3O4. The number of aromatic hydroxyl groups is 1. The van der Waals surface area contributed by atoms with Crippen molar-refractivity contribution in [2.45, 2.75) is 19.4 Å². The third-order valence-corrected chi connectivity index (χ3v) is 5.91. The van der Waals surface area contributed by atoms with Gasteiger partial charge in [-0.25, -0.2) is 4.79 Å². The number of nitrogens with zero attached hydrogens (tertiary/aromatic N) is 1. The Bertz CT molecular complexity index is 939. The number of hydrogen-bond acceptors (Lipinski definition) is 5. The molecule has 142 valence electrons. The normalized spacial score (nSPS) is 23.3. The van der Waals surface area contributed by atoms with E-state index in [-0.39, 0.29) is 0 Å². The highest BCUT2D eigenvalue weighted by Gasteiger charge is 2.54. The number of rotatable bonds is 5. The molecule has 1 saturated carbocycles. The molecule has 2 aliphatic rings. The molecule has 3 atom stereocenters. The number of hydrogen-bond donors (Lipinski definition) is 4. The van der Waals surface area contributed by atoms with Crippen molar-refractivity contribution in [3.63, 3.8) is 0 Å². The van der Waals surface area contributed by atoms with Gasteiger partial charge in [-0.3, -0.25) is 4.79 Å². The van der Waals surface area contributed by atoms with Crippen LogP contribution < -0.4 is 15.8 Å². The lowest BCUT2D eigenvalue weighted by Gasteiger charge is -2.22. The van der Waals surface area contributed by atoms with Crippen molar-refractivity contribution in [2.24, 2.45) is 11.8 Å². The smallest absolute Gasteiger partial charge is 0.345 e. The van der Waals surface area contributed by atoms with Crippen LogP contribution in [0.15, 0.2) is 29.1 Å². The van der Waals surface area contributed by atoms with Gasteiger partial charge in [0.1, 0.15) is 5.75 Å². The number of pyridine rings is 1. The van der Waals surface area contributed by atoms with Crippen LogP contribution in [0.4, 0.5) is 5.69 Å². The molecule has 1 aliphatic carbocycles. The Morgan fingerprint density at radius 3 is 2.41 bits per heavy atom. The first-order chi connectivity index (χ1) is 13.0. The van der Waals surface area contributed by atoms with Gasteiger partial charge in [-0.05, 0) is 43.0 Å². The van der Waals surface area contributed by atoms with Crippen LogP contribution >= 0.6 is 0 Å². The summed E-state index contributed by atoms with van der Waals surface area (Å²) in [6.45, 7) is 3.90. The maximum absolute atomic E-state index is 12.1. The zero-order valence-electron chi connectivity index (χ0n) is 15.3. The van der Waals surface area contributed by atoms with Crippen molar-refractivity contribution in [3.8, 4) is 17.0 Å². The van der Waals surface area contributed by atoms with E-state index in [1.165, 1.54) is 0 Å². The summed E-state index contributed by atoms with van der Waals surface area (Å²) in [4.78, 5) is 28.3. The largest absolute Gasteiger partial charge is 0.506 e. The second kappa shape index (κ2) is 6.42. The molecule has 2 heterocycles. The standard InChI is InChI=1S/C20H23N3O4/c1-3-12-16(22-19(25)15(18(12)24)20(26)27)10-4-6-11(7-5-10)23-8-13-14(9-23)17(13)21-2/h4-7,13-14,17,21H,3,8-9H2,1-2H3,(H,26,27)(H2,22,24,25)/t13-,14+,17?. The van der Waals surface area contributed by atoms with E-state index in [1.807, 2.05) is 38.2 Å². The van der Waals surface area contributed by atoms with Crippen LogP contribution in [-0.2, 0) is 6.42 Å². The third-order valence-electron chi connectivity index (χ3n) is 5.91. The van der Waals surface area contributed by atoms with Gasteiger partial charge < -0.3 is 25.4 Å². The molecule has 1 aromatic heterocycles. The van der Waals surface area contributed by atoms with E-state index in [0.717, 1.165) is 36.2 Å². The molecule has 7 heteroatoms. The molecule has 2 aromatic rings. The molecule has 27 heavy (non-hydrogen) atoms. The Balaban J connectivity index is 1.63. The topological polar surface area (TPSA) is 106 Å². The minimum Gasteiger partial charge on any atom is -0.506 e. The Labute approximate surface area is 156 Å². The molecule has 0 bridgehead atoms. The number of carboxylic acids is 1. The minimum atomic E-state index is -1.43. The summed E-state index contributed by atoms with van der Waals surface area (Å²) in [6.07, 6.45) is 0.404. The lowest BCUT2D eigenvalue weighted by Crippen LogP contribution is -2.29. The number of carboxylic acid groups (broad SMARTS) is 1. The second-order valence-corrected chi connectivity index (χ2v) is 7.28. The van der Waals surface area contributed by atoms with Gasteiger partial charge in [-0.2, -0.15) is 0 Å². The van der Waals surface area contributed by atoms with E-state index in [2.05, 4.69) is 15.2 Å². The molecule has 1 unspecified atom stereocenters. The molecule has 0 radical (unpaired) electrons. The SMILES string of the molecule is CCc1c(-c2ccc(N3C[C@@H]4C(NC)[C@@H]4C3)cc2)[nH]c(=O)c(C(=O)O)c1O. The van der Waals surface area contributed by atoms with Gasteiger partial charge in [0.05, 0.1) is 5.69 Å². The van der Waals surface area contributed by atoms with Crippen molar-refractivity contribution >= 4 is 11.7 Å². The number of H-pyrrole nitrogens is 1. The van der Waals surface area contributed by atoms with Gasteiger partial charge in [-0.1, -0.05) is 19.1 Å². The Kier molecular flexibility index (Phi) is 4.19. The van der Waals surface area contributed by atoms with E-state index in [0.29, 0.717) is 23.7 Å². The first-order valence-electron chi connectivity index (χ1n) is 9.20. The summed E-state index contributed by atoms with van der Waals surface area (Å²) < 4.78 is 0. The van der Waals surface area contributed by atoms with E-state index in [4.69, 9.17) is 5.11 Å². The summed E-state index contributed by atoms with van der Waals surface area (Å²) in [7, 11) is 2.01. The van der Waals surface area contributed by atoms with Crippen LogP contribution in [0.1, 0.15) is 22.8 Å². The molecule has 1 aliphatic heterocycles. The molecule has 4 rings (SSSR count). The van der Waals surface area contributed by atoms with Gasteiger partial charge in [0.25, 0.3) is 5.56 Å². The van der Waals surface area contributed by atoms with Crippen LogP contribution in [0.5, 0.6) is 5.75 Å². The third kappa shape index (κ3) is 2.78. The quantitative estimate of drug-likeness (QED) is 0.639. The van der Waals surface area contributed by atoms with E-state index in [9.17, 15) is 14.7 Å². The highest BCUT2D eigenvalue weighted by molar-refractivity contribution is 5.92. The predicted octanol–water partition coefficient (Wildman–Crippen LogP) is 1.66. The molecule has 0 spiro atoms. The zero-order valence-corrected chi connectivity index (χ0v) is 15.3. The van der Waals surface area contributed by atoms with E-state index >= 15 is 0 Å². The molecule has 2 fully saturated rings. The average Bonchev–Trinajstić information content (AvgIpc) is 3.12. The van der Waals surface area contributed by atoms with Crippen LogP contribution in [0.25, 0.3) is 11.3 Å². The fraction of sp³-hybridized carbons (Fsp3) is 0.400. The Hall–Kier alpha value is -2.80. The maximum atomic E-state index is 12.1. The lowest BCUT2D eigenvalue weighted by atomic mass is 10.0. The number of piperidine rings is 1. The Morgan fingerprint density at radius 1 is 1.26 bits per heavy atom. The summed E-state index contributed by atoms with van der Waals surface area (Å²) in [5.41, 5.74) is 1.37. The summed E-state index contributed by atoms with van der Waals surface area (Å²) in [5, 5.41) is 22.8. The van der Waals surface area contributed by atoms with Crippen LogP contribution in [-0.4, -0.2) is 47.3 Å². The van der Waals surface area contributed by atoms with E-state index in [1.54, 1.807) is 0 Å². The molecule has 7 nitrogen and oxygen atoms in total. The minimum absolute atomic E-state index is 0.404. The first-order valence-corrected chi connectivity index (χ1v) is 9.20. The van der Waals surface area contributed by atoms with Crippen molar-refractivity contribution in [3.05, 3.63) is 45.7 Å². The van der Waals surface area contributed by atoms with Gasteiger partial charge in [-0.15, -0.1) is 0 Å². The first kappa shape index (κ1) is 17.6. The number of benzene rings is 1. The number of aromatic carboxylic acids is 1. The molecule has 4 N–H and O–H groups in total. The maximum Gasteiger partial charge on any atom is 0.345 e. The zero-order chi connectivity index (χ0) is 19.3. The second-order valence-electron chi connectivity index (χ2n) is 7.28. The summed E-state index contributed by atoms with van der Waals surface area (Å²) in [5.74, 6) is -0.445. The number of anilines is 1. The predicted molar refractivity (Wildman–Crippen MR) is 103 cm³/mol. The number of aromatic amines is 1.